The third kappa shape index (κ3) is 4.15. The Hall–Kier alpha value is -2.76. The van der Waals surface area contributed by atoms with E-state index in [1.54, 1.807) is 30.3 Å². The van der Waals surface area contributed by atoms with Gasteiger partial charge in [0.15, 0.2) is 0 Å². The first-order chi connectivity index (χ1) is 13.0. The number of imidazole rings is 1. The Kier molecular flexibility index (Phi) is 4.64. The molecule has 1 aliphatic carbocycles. The predicted molar refractivity (Wildman–Crippen MR) is 99.2 cm³/mol. The highest BCUT2D eigenvalue weighted by Gasteiger charge is 2.32. The first kappa shape index (κ1) is 17.6. The lowest BCUT2D eigenvalue weighted by Crippen LogP contribution is -2.17. The van der Waals surface area contributed by atoms with Crippen molar-refractivity contribution in [2.24, 2.45) is 5.92 Å². The minimum atomic E-state index is -4.73. The second-order valence-electron chi connectivity index (χ2n) is 6.80. The number of nitrogens with one attached hydrogen (secondary N) is 1. The number of nitrogens with zero attached hydrogens (tertiary/aromatic N) is 1. The van der Waals surface area contributed by atoms with Crippen molar-refractivity contribution in [2.45, 2.75) is 32.0 Å². The second kappa shape index (κ2) is 7.10. The zero-order valence-electron chi connectivity index (χ0n) is 14.6. The van der Waals surface area contributed by atoms with E-state index in [2.05, 4.69) is 20.8 Å². The predicted octanol–water partition coefficient (Wildman–Crippen LogP) is 6.33. The number of aromatic amines is 1. The molecule has 140 valence electrons. The van der Waals surface area contributed by atoms with Crippen LogP contribution in [0.5, 0.6) is 5.75 Å². The maximum Gasteiger partial charge on any atom is 0.573 e. The van der Waals surface area contributed by atoms with Crippen LogP contribution in [0, 0.1) is 5.92 Å². The first-order valence-corrected chi connectivity index (χ1v) is 9.01. The summed E-state index contributed by atoms with van der Waals surface area (Å²) >= 11 is 0. The highest BCUT2D eigenvalue weighted by molar-refractivity contribution is 5.84. The van der Waals surface area contributed by atoms with Crippen LogP contribution in [0.4, 0.5) is 13.2 Å². The number of rotatable bonds is 4. The summed E-state index contributed by atoms with van der Waals surface area (Å²) in [6.45, 7) is 0. The van der Waals surface area contributed by atoms with Crippen molar-refractivity contribution in [3.05, 3.63) is 54.4 Å². The number of halogens is 3. The topological polar surface area (TPSA) is 37.9 Å². The lowest BCUT2D eigenvalue weighted by molar-refractivity contribution is -0.274. The molecule has 0 radical (unpaired) electrons. The number of para-hydroxylation sites is 1. The van der Waals surface area contributed by atoms with E-state index in [1.807, 2.05) is 6.08 Å². The van der Waals surface area contributed by atoms with Gasteiger partial charge in [0, 0.05) is 5.56 Å². The highest BCUT2D eigenvalue weighted by atomic mass is 19.4. The molecule has 0 saturated heterocycles. The number of benzene rings is 2. The molecule has 27 heavy (non-hydrogen) atoms. The standard InChI is InChI=1S/C21H19F3N2O/c22-21(23,24)27-19-8-4-3-7-16(19)15-10-11-17-18(13-15)26-20(25-17)12-9-14-5-1-2-6-14/h3-4,7-14H,1-2,5-6H2,(H,25,26)/b12-9+. The fraction of sp³-hybridized carbons (Fsp3) is 0.286. The van der Waals surface area contributed by atoms with E-state index in [9.17, 15) is 13.2 Å². The van der Waals surface area contributed by atoms with Crippen LogP contribution < -0.4 is 4.74 Å². The van der Waals surface area contributed by atoms with Gasteiger partial charge in [0.25, 0.3) is 0 Å². The molecule has 1 aliphatic rings. The van der Waals surface area contributed by atoms with Gasteiger partial charge in [0.2, 0.25) is 0 Å². The van der Waals surface area contributed by atoms with Gasteiger partial charge < -0.3 is 9.72 Å². The van der Waals surface area contributed by atoms with Crippen molar-refractivity contribution in [3.63, 3.8) is 0 Å². The number of allylic oxidation sites excluding steroid dienone is 1. The van der Waals surface area contributed by atoms with Crippen LogP contribution in [0.1, 0.15) is 31.5 Å². The lowest BCUT2D eigenvalue weighted by atomic mass is 10.0. The van der Waals surface area contributed by atoms with Crippen LogP contribution in [0.15, 0.2) is 48.5 Å². The maximum atomic E-state index is 12.7. The molecule has 4 rings (SSSR count). The van der Waals surface area contributed by atoms with Crippen molar-refractivity contribution in [2.75, 3.05) is 0 Å². The number of fused-ring (bicyclic) bond motifs is 1. The van der Waals surface area contributed by atoms with E-state index >= 15 is 0 Å². The molecule has 3 aromatic rings. The Balaban J connectivity index is 1.64. The van der Waals surface area contributed by atoms with Gasteiger partial charge in [0.1, 0.15) is 11.6 Å². The molecule has 0 unspecified atom stereocenters. The van der Waals surface area contributed by atoms with E-state index in [0.717, 1.165) is 16.9 Å². The number of hydrogen-bond acceptors (Lipinski definition) is 2. The minimum Gasteiger partial charge on any atom is -0.405 e. The Morgan fingerprint density at radius 3 is 2.63 bits per heavy atom. The Morgan fingerprint density at radius 2 is 1.85 bits per heavy atom. The molecule has 6 heteroatoms. The van der Waals surface area contributed by atoms with Gasteiger partial charge in [-0.15, -0.1) is 13.2 Å². The lowest BCUT2D eigenvalue weighted by Gasteiger charge is -2.13. The Morgan fingerprint density at radius 1 is 1.07 bits per heavy atom. The molecular weight excluding hydrogens is 353 g/mol. The highest BCUT2D eigenvalue weighted by Crippen LogP contribution is 2.34. The molecule has 3 nitrogen and oxygen atoms in total. The monoisotopic (exact) mass is 372 g/mol. The normalized spacial score (nSPS) is 15.8. The van der Waals surface area contributed by atoms with Crippen molar-refractivity contribution in [1.82, 2.24) is 9.97 Å². The van der Waals surface area contributed by atoms with Gasteiger partial charge in [-0.1, -0.05) is 43.2 Å². The number of ether oxygens (including phenoxy) is 1. The SMILES string of the molecule is FC(F)(F)Oc1ccccc1-c1ccc2nc(/C=C/C3CCCC3)[nH]c2c1. The van der Waals surface area contributed by atoms with Crippen LogP contribution >= 0.6 is 0 Å². The molecule has 2 aromatic carbocycles. The van der Waals surface area contributed by atoms with E-state index in [1.165, 1.54) is 37.8 Å². The van der Waals surface area contributed by atoms with Gasteiger partial charge >= 0.3 is 6.36 Å². The van der Waals surface area contributed by atoms with Gasteiger partial charge in [-0.2, -0.15) is 0 Å². The zero-order valence-corrected chi connectivity index (χ0v) is 14.6. The van der Waals surface area contributed by atoms with Crippen LogP contribution in [-0.4, -0.2) is 16.3 Å². The van der Waals surface area contributed by atoms with Gasteiger partial charge in [-0.05, 0) is 48.6 Å². The third-order valence-electron chi connectivity index (χ3n) is 4.85. The second-order valence-corrected chi connectivity index (χ2v) is 6.80. The van der Waals surface area contributed by atoms with Gasteiger partial charge in [0.05, 0.1) is 11.0 Å². The van der Waals surface area contributed by atoms with Crippen molar-refractivity contribution >= 4 is 17.1 Å². The summed E-state index contributed by atoms with van der Waals surface area (Å²) in [4.78, 5) is 7.77. The number of aromatic nitrogens is 2. The Labute approximate surface area is 154 Å². The van der Waals surface area contributed by atoms with Crippen LogP contribution in [0.3, 0.4) is 0 Å². The molecule has 0 aliphatic heterocycles. The molecule has 1 fully saturated rings. The summed E-state index contributed by atoms with van der Waals surface area (Å²) in [5.41, 5.74) is 2.58. The van der Waals surface area contributed by atoms with Crippen LogP contribution in [0.25, 0.3) is 28.2 Å². The molecule has 0 amide bonds. The minimum absolute atomic E-state index is 0.217. The molecule has 0 spiro atoms. The van der Waals surface area contributed by atoms with Crippen molar-refractivity contribution < 1.29 is 17.9 Å². The van der Waals surface area contributed by atoms with Crippen LogP contribution in [0.2, 0.25) is 0 Å². The summed E-state index contributed by atoms with van der Waals surface area (Å²) in [5.74, 6) is 1.15. The summed E-state index contributed by atoms with van der Waals surface area (Å²) < 4.78 is 42.1. The largest absolute Gasteiger partial charge is 0.573 e. The number of alkyl halides is 3. The molecule has 1 heterocycles. The van der Waals surface area contributed by atoms with Gasteiger partial charge in [-0.25, -0.2) is 4.98 Å². The number of hydrogen-bond donors (Lipinski definition) is 1. The summed E-state index contributed by atoms with van der Waals surface area (Å²) in [6, 6.07) is 11.5. The average molecular weight is 372 g/mol. The van der Waals surface area contributed by atoms with Crippen LogP contribution in [-0.2, 0) is 0 Å². The molecular formula is C21H19F3N2O. The summed E-state index contributed by atoms with van der Waals surface area (Å²) in [7, 11) is 0. The maximum absolute atomic E-state index is 12.7. The van der Waals surface area contributed by atoms with Crippen molar-refractivity contribution in [1.29, 1.82) is 0 Å². The fourth-order valence-electron chi connectivity index (χ4n) is 3.57. The number of H-pyrrole nitrogens is 1. The Bertz CT molecular complexity index is 969. The zero-order chi connectivity index (χ0) is 18.9. The van der Waals surface area contributed by atoms with Crippen molar-refractivity contribution in [3.8, 4) is 16.9 Å². The van der Waals surface area contributed by atoms with E-state index in [4.69, 9.17) is 0 Å². The first-order valence-electron chi connectivity index (χ1n) is 9.01. The molecule has 0 atom stereocenters. The molecule has 1 saturated carbocycles. The van der Waals surface area contributed by atoms with E-state index in [-0.39, 0.29) is 5.75 Å². The average Bonchev–Trinajstić information content (AvgIpc) is 3.27. The van der Waals surface area contributed by atoms with E-state index < -0.39 is 6.36 Å². The third-order valence-corrected chi connectivity index (χ3v) is 4.85. The molecule has 1 N–H and O–H groups in total. The van der Waals surface area contributed by atoms with Gasteiger partial charge in [-0.3, -0.25) is 0 Å². The summed E-state index contributed by atoms with van der Waals surface area (Å²) in [5, 5.41) is 0. The molecule has 0 bridgehead atoms. The smallest absolute Gasteiger partial charge is 0.405 e. The quantitative estimate of drug-likeness (QED) is 0.581. The fourth-order valence-corrected chi connectivity index (χ4v) is 3.57. The van der Waals surface area contributed by atoms with E-state index in [0.29, 0.717) is 17.0 Å². The molecule has 1 aromatic heterocycles. The summed E-state index contributed by atoms with van der Waals surface area (Å²) in [6.07, 6.45) is 4.45.